The molecule has 0 aliphatic carbocycles. The van der Waals surface area contributed by atoms with E-state index in [0.29, 0.717) is 19.0 Å². The average molecular weight is 548 g/mol. The predicted molar refractivity (Wildman–Crippen MR) is 140 cm³/mol. The van der Waals surface area contributed by atoms with Crippen molar-refractivity contribution < 1.29 is 4.74 Å². The summed E-state index contributed by atoms with van der Waals surface area (Å²) in [6.07, 6.45) is 2.74. The summed E-state index contributed by atoms with van der Waals surface area (Å²) in [6.45, 7) is 9.75. The predicted octanol–water partition coefficient (Wildman–Crippen LogP) is 4.24. The topological polar surface area (TPSA) is 76.4 Å². The van der Waals surface area contributed by atoms with Gasteiger partial charge in [0.1, 0.15) is 6.61 Å². The molecule has 0 atom stereocenters. The van der Waals surface area contributed by atoms with Gasteiger partial charge in [0, 0.05) is 37.6 Å². The van der Waals surface area contributed by atoms with Crippen LogP contribution in [0.3, 0.4) is 0 Å². The van der Waals surface area contributed by atoms with Crippen LogP contribution in [0.4, 0.5) is 0 Å². The number of hydrogen-bond donors (Lipinski definition) is 2. The summed E-state index contributed by atoms with van der Waals surface area (Å²) in [6, 6.07) is 16.1. The van der Waals surface area contributed by atoms with E-state index in [1.54, 1.807) is 6.20 Å². The molecule has 2 heterocycles. The Bertz CT molecular complexity index is 974. The number of pyridine rings is 1. The second kappa shape index (κ2) is 13.7. The quantitative estimate of drug-likeness (QED) is 0.172. The van der Waals surface area contributed by atoms with E-state index in [1.807, 2.05) is 49.4 Å². The van der Waals surface area contributed by atoms with Crippen LogP contribution in [-0.2, 0) is 19.7 Å². The summed E-state index contributed by atoms with van der Waals surface area (Å²) in [5.74, 6) is 1.42. The zero-order valence-corrected chi connectivity index (χ0v) is 21.4. The van der Waals surface area contributed by atoms with Crippen molar-refractivity contribution in [1.29, 1.82) is 0 Å². The molecule has 0 aliphatic heterocycles. The normalized spacial score (nSPS) is 11.0. The van der Waals surface area contributed by atoms with Gasteiger partial charge < -0.3 is 15.4 Å². The highest BCUT2D eigenvalue weighted by Crippen LogP contribution is 2.12. The van der Waals surface area contributed by atoms with Crippen LogP contribution in [0.15, 0.2) is 59.7 Å². The zero-order valence-electron chi connectivity index (χ0n) is 19.0. The number of aliphatic imine (C=N–C) groups is 1. The first kappa shape index (κ1) is 25.6. The van der Waals surface area contributed by atoms with Crippen molar-refractivity contribution in [2.24, 2.45) is 4.99 Å². The Hall–Kier alpha value is -2.62. The Labute approximate surface area is 207 Å². The molecule has 3 aromatic rings. The van der Waals surface area contributed by atoms with Crippen LogP contribution < -0.4 is 15.4 Å². The van der Waals surface area contributed by atoms with E-state index in [9.17, 15) is 0 Å². The second-order valence-corrected chi connectivity index (χ2v) is 7.40. The minimum absolute atomic E-state index is 0. The lowest BCUT2D eigenvalue weighted by atomic mass is 10.2. The summed E-state index contributed by atoms with van der Waals surface area (Å²) < 4.78 is 7.87. The van der Waals surface area contributed by atoms with Crippen LogP contribution in [0.25, 0.3) is 0 Å². The van der Waals surface area contributed by atoms with E-state index >= 15 is 0 Å². The van der Waals surface area contributed by atoms with E-state index in [-0.39, 0.29) is 24.0 Å². The number of halogens is 1. The highest BCUT2D eigenvalue weighted by Gasteiger charge is 2.03. The van der Waals surface area contributed by atoms with E-state index in [0.717, 1.165) is 48.8 Å². The highest BCUT2D eigenvalue weighted by molar-refractivity contribution is 14.0. The lowest BCUT2D eigenvalue weighted by Crippen LogP contribution is -2.38. The van der Waals surface area contributed by atoms with Crippen molar-refractivity contribution in [2.45, 2.75) is 46.9 Å². The number of nitrogens with zero attached hydrogens (tertiary/aromatic N) is 4. The molecular weight excluding hydrogens is 515 g/mol. The smallest absolute Gasteiger partial charge is 0.213 e. The van der Waals surface area contributed by atoms with Crippen molar-refractivity contribution in [1.82, 2.24) is 25.4 Å². The van der Waals surface area contributed by atoms with E-state index in [4.69, 9.17) is 9.73 Å². The fourth-order valence-corrected chi connectivity index (χ4v) is 3.21. The fraction of sp³-hybridized carbons (Fsp3) is 0.375. The fourth-order valence-electron chi connectivity index (χ4n) is 3.21. The first-order chi connectivity index (χ1) is 15.1. The average Bonchev–Trinajstić information content (AvgIpc) is 3.11. The maximum absolute atomic E-state index is 5.82. The minimum atomic E-state index is 0. The second-order valence-electron chi connectivity index (χ2n) is 7.40. The van der Waals surface area contributed by atoms with Gasteiger partial charge in [0.2, 0.25) is 5.88 Å². The van der Waals surface area contributed by atoms with Gasteiger partial charge in [-0.25, -0.2) is 9.98 Å². The number of hydrogen-bond acceptors (Lipinski definition) is 4. The van der Waals surface area contributed by atoms with E-state index < -0.39 is 0 Å². The maximum Gasteiger partial charge on any atom is 0.213 e. The minimum Gasteiger partial charge on any atom is -0.473 e. The molecule has 0 bridgehead atoms. The molecular formula is C24H33IN6O. The van der Waals surface area contributed by atoms with Gasteiger partial charge in [-0.2, -0.15) is 5.10 Å². The van der Waals surface area contributed by atoms with Crippen LogP contribution in [0.1, 0.15) is 35.9 Å². The van der Waals surface area contributed by atoms with Gasteiger partial charge >= 0.3 is 0 Å². The molecule has 0 amide bonds. The van der Waals surface area contributed by atoms with Crippen molar-refractivity contribution >= 4 is 29.9 Å². The van der Waals surface area contributed by atoms with Crippen molar-refractivity contribution in [2.75, 3.05) is 13.1 Å². The molecule has 2 N–H and O–H groups in total. The third kappa shape index (κ3) is 8.49. The van der Waals surface area contributed by atoms with Gasteiger partial charge in [-0.1, -0.05) is 30.3 Å². The monoisotopic (exact) mass is 548 g/mol. The first-order valence-corrected chi connectivity index (χ1v) is 10.8. The summed E-state index contributed by atoms with van der Waals surface area (Å²) in [7, 11) is 0. The summed E-state index contributed by atoms with van der Waals surface area (Å²) in [5, 5.41) is 11.2. The first-order valence-electron chi connectivity index (χ1n) is 10.8. The number of ether oxygens (including phenoxy) is 1. The zero-order chi connectivity index (χ0) is 21.9. The number of nitrogens with one attached hydrogen (secondary N) is 2. The number of guanidine groups is 1. The molecule has 7 nitrogen and oxygen atoms in total. The molecule has 0 spiro atoms. The van der Waals surface area contributed by atoms with Gasteiger partial charge in [-0.15, -0.1) is 24.0 Å². The molecule has 0 radical (unpaired) electrons. The number of aromatic nitrogens is 3. The molecule has 172 valence electrons. The molecule has 2 aromatic heterocycles. The Morgan fingerprint density at radius 3 is 2.59 bits per heavy atom. The van der Waals surface area contributed by atoms with Crippen LogP contribution in [0.2, 0.25) is 0 Å². The Morgan fingerprint density at radius 1 is 1.06 bits per heavy atom. The van der Waals surface area contributed by atoms with Crippen molar-refractivity contribution in [3.05, 3.63) is 77.2 Å². The van der Waals surface area contributed by atoms with Gasteiger partial charge in [0.25, 0.3) is 0 Å². The Balaban J connectivity index is 0.00000363. The molecule has 8 heteroatoms. The Kier molecular flexibility index (Phi) is 11.0. The summed E-state index contributed by atoms with van der Waals surface area (Å²) in [5.41, 5.74) is 4.43. The lowest BCUT2D eigenvalue weighted by Gasteiger charge is -2.12. The lowest BCUT2D eigenvalue weighted by molar-refractivity contribution is 0.293. The van der Waals surface area contributed by atoms with Crippen LogP contribution >= 0.6 is 24.0 Å². The third-order valence-corrected chi connectivity index (χ3v) is 4.74. The SMILES string of the molecule is CCNC(=NCc1ccnc(OCc2ccccc2)c1)NCCCn1nc(C)cc1C.I. The van der Waals surface area contributed by atoms with Crippen LogP contribution in [-0.4, -0.2) is 33.8 Å². The van der Waals surface area contributed by atoms with Gasteiger partial charge in [-0.3, -0.25) is 4.68 Å². The maximum atomic E-state index is 5.82. The van der Waals surface area contributed by atoms with Gasteiger partial charge in [-0.05, 0) is 50.5 Å². The molecule has 32 heavy (non-hydrogen) atoms. The molecule has 0 saturated heterocycles. The molecule has 0 fully saturated rings. The van der Waals surface area contributed by atoms with Crippen LogP contribution in [0, 0.1) is 13.8 Å². The van der Waals surface area contributed by atoms with Crippen molar-refractivity contribution in [3.8, 4) is 5.88 Å². The molecule has 0 aliphatic rings. The number of rotatable bonds is 10. The molecule has 0 unspecified atom stereocenters. The number of benzene rings is 1. The standard InChI is InChI=1S/C24H32N6O.HI/c1-4-25-24(27-12-8-14-30-20(3)15-19(2)29-30)28-17-22-11-13-26-23(16-22)31-18-21-9-6-5-7-10-21;/h5-7,9-11,13,15-16H,4,8,12,14,17-18H2,1-3H3,(H2,25,27,28);1H. The van der Waals surface area contributed by atoms with E-state index in [1.165, 1.54) is 5.69 Å². The van der Waals surface area contributed by atoms with Crippen LogP contribution in [0.5, 0.6) is 5.88 Å². The molecule has 1 aromatic carbocycles. The Morgan fingerprint density at radius 2 is 1.88 bits per heavy atom. The number of aryl methyl sites for hydroxylation is 3. The largest absolute Gasteiger partial charge is 0.473 e. The summed E-state index contributed by atoms with van der Waals surface area (Å²) >= 11 is 0. The van der Waals surface area contributed by atoms with Crippen molar-refractivity contribution in [3.63, 3.8) is 0 Å². The highest BCUT2D eigenvalue weighted by atomic mass is 127. The molecule has 0 saturated carbocycles. The molecule has 3 rings (SSSR count). The van der Waals surface area contributed by atoms with E-state index in [2.05, 4.69) is 45.3 Å². The van der Waals surface area contributed by atoms with Gasteiger partial charge in [0.15, 0.2) is 5.96 Å². The summed E-state index contributed by atoms with van der Waals surface area (Å²) in [4.78, 5) is 9.00. The van der Waals surface area contributed by atoms with Gasteiger partial charge in [0.05, 0.1) is 12.2 Å². The third-order valence-electron chi connectivity index (χ3n) is 4.74.